The fourth-order valence-corrected chi connectivity index (χ4v) is 2.61. The molecule has 1 fully saturated rings. The van der Waals surface area contributed by atoms with Crippen LogP contribution >= 0.6 is 0 Å². The highest BCUT2D eigenvalue weighted by Crippen LogP contribution is 2.47. The number of carboxylic acid groups (broad SMARTS) is 1. The van der Waals surface area contributed by atoms with Crippen molar-refractivity contribution in [2.24, 2.45) is 5.92 Å². The standard InChI is InChI=1S/C15H19FO4/c1-19-13-5-10(8-16)11(6-14(13)20-2)12(7-15(17)18)9-3-4-9/h5-6,9,12H,3-4,7-8H2,1-2H3,(H,17,18). The lowest BCUT2D eigenvalue weighted by Gasteiger charge is -2.20. The Morgan fingerprint density at radius 2 is 1.95 bits per heavy atom. The van der Waals surface area contributed by atoms with E-state index in [-0.39, 0.29) is 12.3 Å². The summed E-state index contributed by atoms with van der Waals surface area (Å²) in [5.74, 6) is 0.290. The van der Waals surface area contributed by atoms with Crippen molar-refractivity contribution in [3.05, 3.63) is 23.3 Å². The number of benzene rings is 1. The molecule has 0 radical (unpaired) electrons. The molecular weight excluding hydrogens is 263 g/mol. The van der Waals surface area contributed by atoms with Gasteiger partial charge in [-0.15, -0.1) is 0 Å². The molecule has 0 bridgehead atoms. The fourth-order valence-electron chi connectivity index (χ4n) is 2.61. The van der Waals surface area contributed by atoms with E-state index in [0.29, 0.717) is 23.0 Å². The molecule has 1 unspecified atom stereocenters. The Kier molecular flexibility index (Phi) is 4.47. The average molecular weight is 282 g/mol. The Balaban J connectivity index is 2.43. The van der Waals surface area contributed by atoms with Crippen LogP contribution in [-0.4, -0.2) is 25.3 Å². The molecule has 1 aliphatic carbocycles. The molecule has 1 aromatic carbocycles. The fraction of sp³-hybridized carbons (Fsp3) is 0.533. The molecule has 2 rings (SSSR count). The molecular formula is C15H19FO4. The smallest absolute Gasteiger partial charge is 0.303 e. The number of hydrogen-bond acceptors (Lipinski definition) is 3. The number of hydrogen-bond donors (Lipinski definition) is 1. The third-order valence-corrected chi connectivity index (χ3v) is 3.77. The lowest BCUT2D eigenvalue weighted by atomic mass is 9.87. The molecule has 1 atom stereocenters. The maximum Gasteiger partial charge on any atom is 0.303 e. The number of halogens is 1. The van der Waals surface area contributed by atoms with E-state index in [9.17, 15) is 9.18 Å². The molecule has 20 heavy (non-hydrogen) atoms. The van der Waals surface area contributed by atoms with Gasteiger partial charge in [0.1, 0.15) is 6.67 Å². The van der Waals surface area contributed by atoms with Crippen molar-refractivity contribution in [2.75, 3.05) is 14.2 Å². The van der Waals surface area contributed by atoms with Gasteiger partial charge in [-0.3, -0.25) is 4.79 Å². The molecule has 110 valence electrons. The van der Waals surface area contributed by atoms with Crippen molar-refractivity contribution in [3.8, 4) is 11.5 Å². The van der Waals surface area contributed by atoms with Gasteiger partial charge in [0.05, 0.1) is 20.6 Å². The van der Waals surface area contributed by atoms with Gasteiger partial charge in [0.25, 0.3) is 0 Å². The summed E-state index contributed by atoms with van der Waals surface area (Å²) in [4.78, 5) is 11.0. The zero-order chi connectivity index (χ0) is 14.7. The first kappa shape index (κ1) is 14.6. The maximum absolute atomic E-state index is 13.3. The number of carboxylic acids is 1. The van der Waals surface area contributed by atoms with Gasteiger partial charge in [-0.2, -0.15) is 0 Å². The first-order valence-corrected chi connectivity index (χ1v) is 6.63. The molecule has 0 saturated heterocycles. The van der Waals surface area contributed by atoms with Crippen LogP contribution in [0, 0.1) is 5.92 Å². The first-order valence-electron chi connectivity index (χ1n) is 6.63. The van der Waals surface area contributed by atoms with E-state index in [1.165, 1.54) is 14.2 Å². The average Bonchev–Trinajstić information content (AvgIpc) is 3.27. The molecule has 0 heterocycles. The summed E-state index contributed by atoms with van der Waals surface area (Å²) >= 11 is 0. The van der Waals surface area contributed by atoms with Crippen molar-refractivity contribution >= 4 is 5.97 Å². The second-order valence-electron chi connectivity index (χ2n) is 5.08. The van der Waals surface area contributed by atoms with Gasteiger partial charge >= 0.3 is 5.97 Å². The van der Waals surface area contributed by atoms with Crippen LogP contribution in [0.3, 0.4) is 0 Å². The topological polar surface area (TPSA) is 55.8 Å². The van der Waals surface area contributed by atoms with Gasteiger partial charge in [-0.1, -0.05) is 0 Å². The van der Waals surface area contributed by atoms with Gasteiger partial charge in [0.15, 0.2) is 11.5 Å². The Morgan fingerprint density at radius 3 is 2.40 bits per heavy atom. The highest BCUT2D eigenvalue weighted by molar-refractivity contribution is 5.68. The third-order valence-electron chi connectivity index (χ3n) is 3.77. The lowest BCUT2D eigenvalue weighted by molar-refractivity contribution is -0.137. The minimum atomic E-state index is -0.860. The van der Waals surface area contributed by atoms with E-state index in [4.69, 9.17) is 14.6 Å². The summed E-state index contributed by atoms with van der Waals surface area (Å²) in [7, 11) is 3.01. The quantitative estimate of drug-likeness (QED) is 0.834. The predicted molar refractivity (Wildman–Crippen MR) is 72.1 cm³/mol. The van der Waals surface area contributed by atoms with E-state index < -0.39 is 12.6 Å². The SMILES string of the molecule is COc1cc(CF)c(C(CC(=O)O)C2CC2)cc1OC. The minimum absolute atomic E-state index is 0.0210. The van der Waals surface area contributed by atoms with E-state index in [1.54, 1.807) is 12.1 Å². The molecule has 1 aromatic rings. The monoisotopic (exact) mass is 282 g/mol. The second-order valence-corrected chi connectivity index (χ2v) is 5.08. The van der Waals surface area contributed by atoms with Crippen LogP contribution in [0.4, 0.5) is 4.39 Å². The molecule has 1 saturated carbocycles. The van der Waals surface area contributed by atoms with Crippen LogP contribution < -0.4 is 9.47 Å². The third kappa shape index (κ3) is 3.03. The summed E-state index contributed by atoms with van der Waals surface area (Å²) in [5, 5.41) is 9.06. The molecule has 0 aliphatic heterocycles. The van der Waals surface area contributed by atoms with E-state index in [1.807, 2.05) is 0 Å². The lowest BCUT2D eigenvalue weighted by Crippen LogP contribution is -2.11. The predicted octanol–water partition coefficient (Wildman–Crippen LogP) is 3.14. The summed E-state index contributed by atoms with van der Waals surface area (Å²) in [6.07, 6.45) is 2.02. The van der Waals surface area contributed by atoms with Crippen LogP contribution in [0.25, 0.3) is 0 Å². The van der Waals surface area contributed by atoms with Gasteiger partial charge < -0.3 is 14.6 Å². The van der Waals surface area contributed by atoms with Crippen molar-refractivity contribution in [1.82, 2.24) is 0 Å². The van der Waals surface area contributed by atoms with Crippen molar-refractivity contribution in [3.63, 3.8) is 0 Å². The minimum Gasteiger partial charge on any atom is -0.493 e. The summed E-state index contributed by atoms with van der Waals surface area (Å²) in [6.45, 7) is -0.640. The Hall–Kier alpha value is -1.78. The van der Waals surface area contributed by atoms with Crippen LogP contribution in [0.1, 0.15) is 36.3 Å². The van der Waals surface area contributed by atoms with Crippen LogP contribution in [0.15, 0.2) is 12.1 Å². The Morgan fingerprint density at radius 1 is 1.35 bits per heavy atom. The summed E-state index contributed by atoms with van der Waals surface area (Å²) in [6, 6.07) is 3.32. The Labute approximate surface area is 117 Å². The number of aliphatic carboxylic acids is 1. The number of ether oxygens (including phenoxy) is 2. The van der Waals surface area contributed by atoms with Gasteiger partial charge in [-0.05, 0) is 47.9 Å². The number of alkyl halides is 1. The van der Waals surface area contributed by atoms with Gasteiger partial charge in [0.2, 0.25) is 0 Å². The first-order chi connectivity index (χ1) is 9.60. The van der Waals surface area contributed by atoms with Crippen LogP contribution in [-0.2, 0) is 11.5 Å². The largest absolute Gasteiger partial charge is 0.493 e. The van der Waals surface area contributed by atoms with E-state index in [0.717, 1.165) is 18.4 Å². The number of rotatable bonds is 7. The maximum atomic E-state index is 13.3. The van der Waals surface area contributed by atoms with E-state index in [2.05, 4.69) is 0 Å². The Bertz CT molecular complexity index is 497. The molecule has 1 N–H and O–H groups in total. The molecule has 0 aromatic heterocycles. The highest BCUT2D eigenvalue weighted by atomic mass is 19.1. The molecule has 0 amide bonds. The number of methoxy groups -OCH3 is 2. The normalized spacial score (nSPS) is 15.8. The highest BCUT2D eigenvalue weighted by Gasteiger charge is 2.35. The van der Waals surface area contributed by atoms with Crippen molar-refractivity contribution in [1.29, 1.82) is 0 Å². The molecule has 0 spiro atoms. The summed E-state index contributed by atoms with van der Waals surface area (Å²) in [5.41, 5.74) is 1.22. The van der Waals surface area contributed by atoms with Crippen LogP contribution in [0.2, 0.25) is 0 Å². The van der Waals surface area contributed by atoms with Crippen LogP contribution in [0.5, 0.6) is 11.5 Å². The van der Waals surface area contributed by atoms with Crippen molar-refractivity contribution in [2.45, 2.75) is 31.9 Å². The van der Waals surface area contributed by atoms with E-state index >= 15 is 0 Å². The zero-order valence-electron chi connectivity index (χ0n) is 11.7. The van der Waals surface area contributed by atoms with Gasteiger partial charge in [-0.25, -0.2) is 4.39 Å². The zero-order valence-corrected chi connectivity index (χ0v) is 11.7. The van der Waals surface area contributed by atoms with Crippen molar-refractivity contribution < 1.29 is 23.8 Å². The number of carbonyl (C=O) groups is 1. The summed E-state index contributed by atoms with van der Waals surface area (Å²) < 4.78 is 23.7. The molecule has 4 nitrogen and oxygen atoms in total. The molecule has 1 aliphatic rings. The molecule has 5 heteroatoms. The second kappa shape index (κ2) is 6.11. The van der Waals surface area contributed by atoms with Gasteiger partial charge in [0, 0.05) is 0 Å².